The SMILES string of the molecule is O=C(Nc1nc2ccccc2s1)C1(S(=O)(=O)c2ccc(Cl)cc2)CCCC1. The van der Waals surface area contributed by atoms with Gasteiger partial charge in [-0.05, 0) is 49.2 Å². The topological polar surface area (TPSA) is 76.1 Å². The summed E-state index contributed by atoms with van der Waals surface area (Å²) < 4.78 is 26.2. The first-order chi connectivity index (χ1) is 12.9. The number of fused-ring (bicyclic) bond motifs is 1. The number of anilines is 1. The lowest BCUT2D eigenvalue weighted by atomic mass is 10.1. The number of hydrogen-bond donors (Lipinski definition) is 1. The number of para-hydroxylation sites is 1. The first-order valence-corrected chi connectivity index (χ1v) is 11.3. The van der Waals surface area contributed by atoms with E-state index in [0.717, 1.165) is 10.2 Å². The number of carbonyl (C=O) groups excluding carboxylic acids is 1. The molecule has 1 saturated carbocycles. The van der Waals surface area contributed by atoms with Crippen LogP contribution in [-0.2, 0) is 14.6 Å². The Labute approximate surface area is 166 Å². The molecule has 8 heteroatoms. The number of aromatic nitrogens is 1. The molecule has 1 aliphatic rings. The fraction of sp³-hybridized carbons (Fsp3) is 0.263. The summed E-state index contributed by atoms with van der Waals surface area (Å²) in [7, 11) is -3.86. The van der Waals surface area contributed by atoms with Crippen LogP contribution in [0, 0.1) is 0 Å². The van der Waals surface area contributed by atoms with Crippen LogP contribution in [0.25, 0.3) is 10.2 Å². The number of benzene rings is 2. The summed E-state index contributed by atoms with van der Waals surface area (Å²) in [4.78, 5) is 17.7. The third kappa shape index (κ3) is 3.13. The van der Waals surface area contributed by atoms with Crippen LogP contribution in [0.5, 0.6) is 0 Å². The van der Waals surface area contributed by atoms with Gasteiger partial charge in [0, 0.05) is 5.02 Å². The number of amides is 1. The molecule has 27 heavy (non-hydrogen) atoms. The van der Waals surface area contributed by atoms with Crippen LogP contribution in [0.4, 0.5) is 5.13 Å². The van der Waals surface area contributed by atoms with E-state index in [9.17, 15) is 13.2 Å². The highest BCUT2D eigenvalue weighted by Gasteiger charge is 2.53. The van der Waals surface area contributed by atoms with Gasteiger partial charge < -0.3 is 5.32 Å². The van der Waals surface area contributed by atoms with Crippen LogP contribution in [0.1, 0.15) is 25.7 Å². The van der Waals surface area contributed by atoms with Gasteiger partial charge in [-0.3, -0.25) is 4.79 Å². The third-order valence-corrected chi connectivity index (χ3v) is 8.70. The molecule has 1 amide bonds. The molecule has 0 unspecified atom stereocenters. The van der Waals surface area contributed by atoms with Crippen LogP contribution in [-0.4, -0.2) is 24.1 Å². The van der Waals surface area contributed by atoms with Gasteiger partial charge in [0.05, 0.1) is 15.1 Å². The lowest BCUT2D eigenvalue weighted by molar-refractivity contribution is -0.118. The normalized spacial score (nSPS) is 16.5. The Kier molecular flexibility index (Phi) is 4.70. The maximum Gasteiger partial charge on any atom is 0.248 e. The highest BCUT2D eigenvalue weighted by atomic mass is 35.5. The Morgan fingerprint density at radius 2 is 1.74 bits per heavy atom. The number of halogens is 1. The smallest absolute Gasteiger partial charge is 0.248 e. The van der Waals surface area contributed by atoms with E-state index in [1.54, 1.807) is 0 Å². The van der Waals surface area contributed by atoms with Crippen LogP contribution >= 0.6 is 22.9 Å². The van der Waals surface area contributed by atoms with Gasteiger partial charge in [0.1, 0.15) is 0 Å². The van der Waals surface area contributed by atoms with Crippen molar-refractivity contribution in [2.45, 2.75) is 35.3 Å². The van der Waals surface area contributed by atoms with Crippen LogP contribution in [0.2, 0.25) is 5.02 Å². The van der Waals surface area contributed by atoms with E-state index in [1.165, 1.54) is 35.6 Å². The van der Waals surface area contributed by atoms with Crippen molar-refractivity contribution in [2.75, 3.05) is 5.32 Å². The fourth-order valence-corrected chi connectivity index (χ4v) is 6.59. The molecule has 1 heterocycles. The second-order valence-corrected chi connectivity index (χ2v) is 10.3. The maximum absolute atomic E-state index is 13.4. The minimum Gasteiger partial charge on any atom is -0.301 e. The number of hydrogen-bond acceptors (Lipinski definition) is 5. The number of nitrogens with zero attached hydrogens (tertiary/aromatic N) is 1. The van der Waals surface area contributed by atoms with Crippen molar-refractivity contribution in [2.24, 2.45) is 0 Å². The molecule has 1 aromatic heterocycles. The molecule has 140 valence electrons. The van der Waals surface area contributed by atoms with Crippen molar-refractivity contribution in [3.8, 4) is 0 Å². The molecule has 3 aromatic rings. The zero-order chi connectivity index (χ0) is 19.1. The summed E-state index contributed by atoms with van der Waals surface area (Å²) in [6.07, 6.45) is 1.99. The van der Waals surface area contributed by atoms with Gasteiger partial charge in [-0.25, -0.2) is 13.4 Å². The average molecular weight is 421 g/mol. The Morgan fingerprint density at radius 1 is 1.07 bits per heavy atom. The highest BCUT2D eigenvalue weighted by molar-refractivity contribution is 7.93. The number of nitrogens with one attached hydrogen (secondary N) is 1. The molecule has 5 nitrogen and oxygen atoms in total. The summed E-state index contributed by atoms with van der Waals surface area (Å²) in [5.74, 6) is -0.506. The molecule has 0 spiro atoms. The van der Waals surface area contributed by atoms with E-state index in [0.29, 0.717) is 35.8 Å². The first kappa shape index (κ1) is 18.4. The Morgan fingerprint density at radius 3 is 2.41 bits per heavy atom. The lowest BCUT2D eigenvalue weighted by Crippen LogP contribution is -2.47. The van der Waals surface area contributed by atoms with Gasteiger partial charge in [0.25, 0.3) is 0 Å². The van der Waals surface area contributed by atoms with E-state index >= 15 is 0 Å². The van der Waals surface area contributed by atoms with Crippen molar-refractivity contribution in [1.29, 1.82) is 0 Å². The maximum atomic E-state index is 13.4. The summed E-state index contributed by atoms with van der Waals surface area (Å²) in [6.45, 7) is 0. The fourth-order valence-electron chi connectivity index (χ4n) is 3.54. The second-order valence-electron chi connectivity index (χ2n) is 6.60. The predicted molar refractivity (Wildman–Crippen MR) is 108 cm³/mol. The molecule has 0 radical (unpaired) electrons. The van der Waals surface area contributed by atoms with Crippen molar-refractivity contribution < 1.29 is 13.2 Å². The van der Waals surface area contributed by atoms with E-state index in [1.807, 2.05) is 24.3 Å². The zero-order valence-electron chi connectivity index (χ0n) is 14.3. The Balaban J connectivity index is 1.70. The van der Waals surface area contributed by atoms with Crippen molar-refractivity contribution in [1.82, 2.24) is 4.98 Å². The first-order valence-electron chi connectivity index (χ1n) is 8.60. The molecule has 1 aliphatic carbocycles. The minimum atomic E-state index is -3.86. The average Bonchev–Trinajstić information content (AvgIpc) is 3.29. The monoisotopic (exact) mass is 420 g/mol. The predicted octanol–water partition coefficient (Wildman–Crippen LogP) is 4.67. The van der Waals surface area contributed by atoms with Gasteiger partial charge in [0.2, 0.25) is 5.91 Å². The zero-order valence-corrected chi connectivity index (χ0v) is 16.7. The Bertz CT molecular complexity index is 1070. The molecule has 1 N–H and O–H groups in total. The standard InChI is InChI=1S/C19H17ClN2O3S2/c20-13-7-9-14(10-8-13)27(24,25)19(11-3-4-12-19)17(23)22-18-21-15-5-1-2-6-16(15)26-18/h1-2,5-10H,3-4,11-12H2,(H,21,22,23). The quantitative estimate of drug-likeness (QED) is 0.665. The van der Waals surface area contributed by atoms with E-state index < -0.39 is 20.5 Å². The summed E-state index contributed by atoms with van der Waals surface area (Å²) >= 11 is 7.22. The minimum absolute atomic E-state index is 0.119. The molecular weight excluding hydrogens is 404 g/mol. The van der Waals surface area contributed by atoms with Crippen LogP contribution in [0.15, 0.2) is 53.4 Å². The van der Waals surface area contributed by atoms with Crippen molar-refractivity contribution in [3.05, 3.63) is 53.6 Å². The molecule has 2 aromatic carbocycles. The molecule has 0 bridgehead atoms. The van der Waals surface area contributed by atoms with Gasteiger partial charge in [-0.1, -0.05) is 47.9 Å². The Hall–Kier alpha value is -1.96. The second kappa shape index (κ2) is 6.89. The van der Waals surface area contributed by atoms with Gasteiger partial charge in [0.15, 0.2) is 19.7 Å². The van der Waals surface area contributed by atoms with Gasteiger partial charge in [-0.15, -0.1) is 0 Å². The molecule has 0 saturated heterocycles. The van der Waals surface area contributed by atoms with E-state index in [-0.39, 0.29) is 4.90 Å². The van der Waals surface area contributed by atoms with Gasteiger partial charge >= 0.3 is 0 Å². The largest absolute Gasteiger partial charge is 0.301 e. The van der Waals surface area contributed by atoms with Crippen LogP contribution in [0.3, 0.4) is 0 Å². The van der Waals surface area contributed by atoms with Crippen molar-refractivity contribution >= 4 is 54.0 Å². The highest BCUT2D eigenvalue weighted by Crippen LogP contribution is 2.42. The number of thiazole rings is 1. The van der Waals surface area contributed by atoms with Gasteiger partial charge in [-0.2, -0.15) is 0 Å². The molecular formula is C19H17ClN2O3S2. The third-order valence-electron chi connectivity index (χ3n) is 4.98. The summed E-state index contributed by atoms with van der Waals surface area (Å²) in [5.41, 5.74) is 0.777. The summed E-state index contributed by atoms with van der Waals surface area (Å²) in [5, 5.41) is 3.63. The van der Waals surface area contributed by atoms with Crippen molar-refractivity contribution in [3.63, 3.8) is 0 Å². The number of rotatable bonds is 4. The number of sulfone groups is 1. The van der Waals surface area contributed by atoms with E-state index in [4.69, 9.17) is 11.6 Å². The molecule has 0 atom stereocenters. The molecule has 1 fully saturated rings. The van der Waals surface area contributed by atoms with Crippen LogP contribution < -0.4 is 5.32 Å². The number of carbonyl (C=O) groups is 1. The summed E-state index contributed by atoms with van der Waals surface area (Å²) in [6, 6.07) is 13.5. The lowest BCUT2D eigenvalue weighted by Gasteiger charge is -2.27. The van der Waals surface area contributed by atoms with E-state index in [2.05, 4.69) is 10.3 Å². The molecule has 4 rings (SSSR count). The molecule has 0 aliphatic heterocycles.